The number of pyridine rings is 3. The van der Waals surface area contributed by atoms with Gasteiger partial charge in [-0.05, 0) is 22.3 Å². The number of rotatable bonds is 0. The van der Waals surface area contributed by atoms with Crippen molar-refractivity contribution in [2.45, 2.75) is 32.6 Å². The third kappa shape index (κ3) is 5.52. The fourth-order valence-corrected chi connectivity index (χ4v) is 5.64. The Kier molecular flexibility index (Phi) is 6.58. The van der Waals surface area contributed by atoms with Crippen molar-refractivity contribution < 1.29 is 18.3 Å². The topological polar surface area (TPSA) is 14.6 Å². The molecule has 4 nitrogen and oxygen atoms in total. The second-order valence-electron chi connectivity index (χ2n) is 11.0. The number of allylic oxidation sites excluding steroid dienone is 1. The van der Waals surface area contributed by atoms with Gasteiger partial charge in [-0.25, -0.2) is 18.3 Å². The summed E-state index contributed by atoms with van der Waals surface area (Å²) in [7, 11) is 0. The molecule has 4 heteroatoms. The Morgan fingerprint density at radius 3 is 1.15 bits per heavy atom. The Morgan fingerprint density at radius 1 is 0.400 bits per heavy atom. The van der Waals surface area contributed by atoms with Crippen molar-refractivity contribution in [2.24, 2.45) is 0 Å². The predicted molar refractivity (Wildman–Crippen MR) is 157 cm³/mol. The fraction of sp³-hybridized carbons (Fsp3) is 0.167. The van der Waals surface area contributed by atoms with Crippen LogP contribution in [0.2, 0.25) is 0 Å². The van der Waals surface area contributed by atoms with Crippen molar-refractivity contribution >= 4 is 11.8 Å². The molecule has 0 N–H and O–H groups in total. The summed E-state index contributed by atoms with van der Waals surface area (Å²) in [5.41, 5.74) is 10.5. The van der Waals surface area contributed by atoms with Gasteiger partial charge in [0.15, 0.2) is 69.6 Å². The van der Waals surface area contributed by atoms with Crippen molar-refractivity contribution in [3.63, 3.8) is 0 Å². The SMILES string of the molecule is C1=C2CC[N+](=C1)Cc1ccc(cc1)C[n+]1ccc(cc1)-c1cc[n+](cc1)Cc1ccc(cc1)C[n+]1ccc2cc1. The maximum atomic E-state index is 2.42. The van der Waals surface area contributed by atoms with Crippen molar-refractivity contribution in [3.8, 4) is 11.1 Å². The zero-order chi connectivity index (χ0) is 26.7. The van der Waals surface area contributed by atoms with Crippen LogP contribution >= 0.6 is 0 Å². The van der Waals surface area contributed by atoms with Crippen molar-refractivity contribution in [3.05, 3.63) is 156 Å². The quantitative estimate of drug-likeness (QED) is 0.261. The molecule has 0 unspecified atom stereocenters. The fourth-order valence-electron chi connectivity index (χ4n) is 5.64. The zero-order valence-electron chi connectivity index (χ0n) is 22.7. The lowest BCUT2D eigenvalue weighted by Crippen LogP contribution is -2.34. The van der Waals surface area contributed by atoms with Gasteiger partial charge in [0.1, 0.15) is 6.54 Å². The second-order valence-corrected chi connectivity index (χ2v) is 11.0. The monoisotopic (exact) mass is 522 g/mol. The van der Waals surface area contributed by atoms with E-state index in [2.05, 4.69) is 153 Å². The zero-order valence-corrected chi connectivity index (χ0v) is 22.7. The Balaban J connectivity index is 1.19. The highest BCUT2D eigenvalue weighted by molar-refractivity contribution is 5.83. The summed E-state index contributed by atoms with van der Waals surface area (Å²) in [6.07, 6.45) is 18.7. The number of hydrogen-bond acceptors (Lipinski definition) is 0. The summed E-state index contributed by atoms with van der Waals surface area (Å²) < 4.78 is 9.16. The van der Waals surface area contributed by atoms with Crippen LogP contribution in [-0.2, 0) is 26.2 Å². The van der Waals surface area contributed by atoms with E-state index in [9.17, 15) is 0 Å². The van der Waals surface area contributed by atoms with Gasteiger partial charge in [0, 0.05) is 71.1 Å². The first-order valence-corrected chi connectivity index (χ1v) is 14.2. The lowest BCUT2D eigenvalue weighted by Gasteiger charge is -2.11. The van der Waals surface area contributed by atoms with Crippen LogP contribution in [0.15, 0.2) is 128 Å². The molecule has 0 atom stereocenters. The first kappa shape index (κ1) is 24.3. The minimum Gasteiger partial charge on any atom is -0.231 e. The number of aromatic nitrogens is 3. The summed E-state index contributed by atoms with van der Waals surface area (Å²) in [4.78, 5) is 0. The number of benzene rings is 2. The van der Waals surface area contributed by atoms with Crippen LogP contribution in [0, 0.1) is 0 Å². The van der Waals surface area contributed by atoms with Crippen LogP contribution in [-0.4, -0.2) is 17.3 Å². The maximum absolute atomic E-state index is 2.42. The molecule has 0 aliphatic carbocycles. The highest BCUT2D eigenvalue weighted by atomic mass is 15.0. The highest BCUT2D eigenvalue weighted by Gasteiger charge is 2.16. The summed E-state index contributed by atoms with van der Waals surface area (Å²) in [6.45, 7) is 4.58. The van der Waals surface area contributed by atoms with Crippen LogP contribution in [0.3, 0.4) is 0 Å². The van der Waals surface area contributed by atoms with Gasteiger partial charge in [-0.2, -0.15) is 0 Å². The van der Waals surface area contributed by atoms with Crippen molar-refractivity contribution in [2.75, 3.05) is 6.54 Å². The van der Waals surface area contributed by atoms with Gasteiger partial charge in [-0.1, -0.05) is 48.5 Å². The summed E-state index contributed by atoms with van der Waals surface area (Å²) in [5.74, 6) is 0. The van der Waals surface area contributed by atoms with Gasteiger partial charge in [0.05, 0.1) is 0 Å². The molecule has 0 saturated heterocycles. The first-order chi connectivity index (χ1) is 19.7. The second kappa shape index (κ2) is 10.8. The van der Waals surface area contributed by atoms with E-state index in [0.29, 0.717) is 0 Å². The Bertz CT molecular complexity index is 1680. The van der Waals surface area contributed by atoms with E-state index in [1.165, 1.54) is 44.5 Å². The van der Waals surface area contributed by atoms with Gasteiger partial charge in [0.2, 0.25) is 0 Å². The molecule has 12 bridgehead atoms. The summed E-state index contributed by atoms with van der Waals surface area (Å²) in [6, 6.07) is 31.4. The Labute approximate surface area is 236 Å². The normalized spacial score (nSPS) is 14.7. The molecule has 17 aliphatic rings. The third-order valence-corrected chi connectivity index (χ3v) is 8.06. The van der Waals surface area contributed by atoms with E-state index in [1.807, 2.05) is 0 Å². The van der Waals surface area contributed by atoms with Gasteiger partial charge >= 0.3 is 0 Å². The predicted octanol–water partition coefficient (Wildman–Crippen LogP) is 4.75. The van der Waals surface area contributed by atoms with E-state index >= 15 is 0 Å². The molecule has 0 amide bonds. The molecule has 0 saturated carbocycles. The van der Waals surface area contributed by atoms with Crippen molar-refractivity contribution in [1.82, 2.24) is 0 Å². The van der Waals surface area contributed by atoms with Crippen molar-refractivity contribution in [1.29, 1.82) is 0 Å². The minimum atomic E-state index is 0.861. The lowest BCUT2D eigenvalue weighted by atomic mass is 10.0. The molecule has 40 heavy (non-hydrogen) atoms. The molecule has 0 fully saturated rings. The molecular formula is C36H34N4+4. The molecule has 17 aliphatic heterocycles. The van der Waals surface area contributed by atoms with E-state index in [0.717, 1.165) is 39.1 Å². The Hall–Kier alpha value is -4.70. The van der Waals surface area contributed by atoms with Crippen LogP contribution in [0.25, 0.3) is 16.7 Å². The van der Waals surface area contributed by atoms with Crippen LogP contribution in [0.5, 0.6) is 0 Å². The average molecular weight is 523 g/mol. The molecule has 194 valence electrons. The minimum absolute atomic E-state index is 0.861. The molecule has 2 aromatic carbocycles. The molecule has 20 heterocycles. The van der Waals surface area contributed by atoms with Crippen LogP contribution in [0.1, 0.15) is 34.2 Å². The maximum Gasteiger partial charge on any atom is 0.173 e. The molecule has 5 aromatic rings. The number of hydrogen-bond donors (Lipinski definition) is 0. The Morgan fingerprint density at radius 2 is 0.775 bits per heavy atom. The summed E-state index contributed by atoms with van der Waals surface area (Å²) in [5, 5.41) is 0. The average Bonchev–Trinajstić information content (AvgIpc) is 3.00. The third-order valence-electron chi connectivity index (χ3n) is 8.06. The van der Waals surface area contributed by atoms with E-state index < -0.39 is 0 Å². The van der Waals surface area contributed by atoms with Gasteiger partial charge < -0.3 is 0 Å². The van der Waals surface area contributed by atoms with Crippen LogP contribution < -0.4 is 13.7 Å². The van der Waals surface area contributed by atoms with E-state index in [-0.39, 0.29) is 0 Å². The smallest absolute Gasteiger partial charge is 0.173 e. The van der Waals surface area contributed by atoms with Gasteiger partial charge in [-0.15, -0.1) is 0 Å². The molecule has 0 spiro atoms. The standard InChI is InChI=1S/C36H34N4/c1-2-30-4-3-29(1)25-37-17-9-33(10-18-37)35-13-21-39(22-14-35)27-31-5-7-32(8-6-31)28-40-23-15-36(16-24-40)34-11-19-38(26-30)20-12-34/h1-15,17-23H,16,24-28H2/q+4. The van der Waals surface area contributed by atoms with Gasteiger partial charge in [-0.3, -0.25) is 0 Å². The van der Waals surface area contributed by atoms with Gasteiger partial charge in [0.25, 0.3) is 0 Å². The summed E-state index contributed by atoms with van der Waals surface area (Å²) >= 11 is 0. The molecule has 3 aromatic heterocycles. The van der Waals surface area contributed by atoms with E-state index in [1.54, 1.807) is 0 Å². The molecule has 0 radical (unpaired) electrons. The molecule has 22 rings (SSSR count). The number of nitrogens with zero attached hydrogens (tertiary/aromatic N) is 4. The van der Waals surface area contributed by atoms with Crippen LogP contribution in [0.4, 0.5) is 0 Å². The van der Waals surface area contributed by atoms with E-state index in [4.69, 9.17) is 0 Å². The lowest BCUT2D eigenvalue weighted by molar-refractivity contribution is -0.689. The highest BCUT2D eigenvalue weighted by Crippen LogP contribution is 2.20. The largest absolute Gasteiger partial charge is 0.231 e. The first-order valence-electron chi connectivity index (χ1n) is 14.2. The molecular weight excluding hydrogens is 488 g/mol.